The molecule has 3 N–H and O–H groups in total. The summed E-state index contributed by atoms with van der Waals surface area (Å²) in [5, 5.41) is 19.1. The van der Waals surface area contributed by atoms with Crippen molar-refractivity contribution in [3.8, 4) is 11.6 Å². The van der Waals surface area contributed by atoms with Crippen LogP contribution in [-0.4, -0.2) is 61.5 Å². The van der Waals surface area contributed by atoms with Gasteiger partial charge in [0.1, 0.15) is 5.75 Å². The lowest BCUT2D eigenvalue weighted by Gasteiger charge is -2.17. The zero-order valence-electron chi connectivity index (χ0n) is 18.7. The number of benzene rings is 1. The van der Waals surface area contributed by atoms with E-state index in [9.17, 15) is 9.59 Å². The Balaban J connectivity index is 1.66. The number of nitrogen functional groups attached to an aromatic ring is 1. The van der Waals surface area contributed by atoms with Crippen molar-refractivity contribution in [1.82, 2.24) is 35.6 Å². The monoisotopic (exact) mass is 455 g/mol. The Labute approximate surface area is 189 Å². The highest BCUT2D eigenvalue weighted by Gasteiger charge is 2.25. The lowest BCUT2D eigenvalue weighted by molar-refractivity contribution is 0.0948. The molecule has 0 unspecified atom stereocenters. The summed E-state index contributed by atoms with van der Waals surface area (Å²) in [4.78, 5) is 26.2. The van der Waals surface area contributed by atoms with Crippen molar-refractivity contribution in [2.45, 2.75) is 33.6 Å². The van der Waals surface area contributed by atoms with Gasteiger partial charge in [-0.05, 0) is 59.9 Å². The van der Waals surface area contributed by atoms with E-state index in [2.05, 4.69) is 35.8 Å². The van der Waals surface area contributed by atoms with Crippen LogP contribution in [0.2, 0.25) is 0 Å². The molecule has 1 aromatic carbocycles. The smallest absolute Gasteiger partial charge is 0.410 e. The van der Waals surface area contributed by atoms with Crippen LogP contribution in [0, 0.1) is 0 Å². The number of hydrogen-bond donors (Lipinski definition) is 2. The summed E-state index contributed by atoms with van der Waals surface area (Å²) < 4.78 is 11.2. The van der Waals surface area contributed by atoms with Crippen LogP contribution in [0.15, 0.2) is 34.0 Å². The summed E-state index contributed by atoms with van der Waals surface area (Å²) in [7, 11) is 0. The first-order chi connectivity index (χ1) is 15.8. The van der Waals surface area contributed by atoms with Gasteiger partial charge in [-0.15, -0.1) is 5.10 Å². The van der Waals surface area contributed by atoms with Gasteiger partial charge in [-0.25, -0.2) is 14.8 Å². The van der Waals surface area contributed by atoms with Gasteiger partial charge in [-0.3, -0.25) is 4.79 Å². The van der Waals surface area contributed by atoms with Crippen LogP contribution in [0.3, 0.4) is 0 Å². The minimum atomic E-state index is -0.555. The number of nitrogens with zero attached hydrogens (tertiary/aromatic N) is 7. The standard InChI is InChI=1S/C20H25N9O4/c1-5-28(6-2)20(31)32-14-9-7-13(8-10-14)11-22-24-19(30)15-16(12(3)4)29(27-23-15)18-17(21)25-33-26-18/h7-12H,5-6H2,1-4H3,(H2,21,25)(H,24,30). The summed E-state index contributed by atoms with van der Waals surface area (Å²) in [6.07, 6.45) is 1.04. The molecule has 0 fully saturated rings. The van der Waals surface area contributed by atoms with Gasteiger partial charge in [-0.2, -0.15) is 9.78 Å². The number of ether oxygens (including phenoxy) is 1. The van der Waals surface area contributed by atoms with E-state index in [0.717, 1.165) is 0 Å². The number of nitrogens with one attached hydrogen (secondary N) is 1. The van der Waals surface area contributed by atoms with Crippen LogP contribution in [0.25, 0.3) is 5.82 Å². The summed E-state index contributed by atoms with van der Waals surface area (Å²) >= 11 is 0. The molecule has 0 aliphatic carbocycles. The van der Waals surface area contributed by atoms with Gasteiger partial charge in [-0.1, -0.05) is 19.1 Å². The van der Waals surface area contributed by atoms with E-state index in [1.165, 1.54) is 10.9 Å². The van der Waals surface area contributed by atoms with Gasteiger partial charge in [0.25, 0.3) is 5.91 Å². The molecule has 13 heteroatoms. The first kappa shape index (κ1) is 23.4. The third-order valence-electron chi connectivity index (χ3n) is 4.65. The van der Waals surface area contributed by atoms with Gasteiger partial charge < -0.3 is 15.4 Å². The van der Waals surface area contributed by atoms with Crippen molar-refractivity contribution in [3.63, 3.8) is 0 Å². The van der Waals surface area contributed by atoms with Gasteiger partial charge >= 0.3 is 6.09 Å². The Bertz CT molecular complexity index is 1130. The number of carbonyl (C=O) groups is 2. The molecule has 0 radical (unpaired) electrons. The molecule has 0 bridgehead atoms. The molecule has 33 heavy (non-hydrogen) atoms. The van der Waals surface area contributed by atoms with Gasteiger partial charge in [0.15, 0.2) is 5.69 Å². The SMILES string of the molecule is CCN(CC)C(=O)Oc1ccc(C=NNC(=O)c2nnn(-c3nonc3N)c2C(C)C)cc1. The first-order valence-corrected chi connectivity index (χ1v) is 10.3. The van der Waals surface area contributed by atoms with Crippen LogP contribution in [-0.2, 0) is 0 Å². The second kappa shape index (κ2) is 10.3. The van der Waals surface area contributed by atoms with Gasteiger partial charge in [0.05, 0.1) is 11.9 Å². The zero-order valence-corrected chi connectivity index (χ0v) is 18.7. The third-order valence-corrected chi connectivity index (χ3v) is 4.65. The molecule has 0 spiro atoms. The molecule has 174 valence electrons. The first-order valence-electron chi connectivity index (χ1n) is 10.3. The lowest BCUT2D eigenvalue weighted by Crippen LogP contribution is -2.33. The molecule has 0 saturated carbocycles. The molecular formula is C20H25N9O4. The Hall–Kier alpha value is -4.29. The highest BCUT2D eigenvalue weighted by Crippen LogP contribution is 2.22. The molecule has 0 aliphatic heterocycles. The van der Waals surface area contributed by atoms with E-state index in [1.54, 1.807) is 29.2 Å². The molecule has 3 aromatic rings. The van der Waals surface area contributed by atoms with E-state index in [-0.39, 0.29) is 23.2 Å². The van der Waals surface area contributed by atoms with E-state index < -0.39 is 12.0 Å². The highest BCUT2D eigenvalue weighted by molar-refractivity contribution is 5.94. The number of hydrazone groups is 1. The van der Waals surface area contributed by atoms with E-state index in [1.807, 2.05) is 27.7 Å². The van der Waals surface area contributed by atoms with E-state index in [4.69, 9.17) is 10.5 Å². The lowest BCUT2D eigenvalue weighted by atomic mass is 10.1. The molecule has 2 amide bonds. The zero-order chi connectivity index (χ0) is 24.0. The van der Waals surface area contributed by atoms with Crippen molar-refractivity contribution in [2.24, 2.45) is 5.10 Å². The fraction of sp³-hybridized carbons (Fsp3) is 0.350. The molecule has 13 nitrogen and oxygen atoms in total. The molecule has 0 saturated heterocycles. The number of anilines is 1. The summed E-state index contributed by atoms with van der Waals surface area (Å²) in [5.74, 6) is -0.102. The quantitative estimate of drug-likeness (QED) is 0.381. The summed E-state index contributed by atoms with van der Waals surface area (Å²) in [5.41, 5.74) is 9.39. The van der Waals surface area contributed by atoms with Crippen LogP contribution in [0.1, 0.15) is 55.4 Å². The van der Waals surface area contributed by atoms with Crippen molar-refractivity contribution in [2.75, 3.05) is 18.8 Å². The fourth-order valence-corrected chi connectivity index (χ4v) is 2.95. The fourth-order valence-electron chi connectivity index (χ4n) is 2.95. The molecule has 2 aromatic heterocycles. The highest BCUT2D eigenvalue weighted by atomic mass is 16.6. The predicted octanol–water partition coefficient (Wildman–Crippen LogP) is 1.96. The molecule has 0 atom stereocenters. The summed E-state index contributed by atoms with van der Waals surface area (Å²) in [6, 6.07) is 6.69. The number of carbonyl (C=O) groups excluding carboxylic acids is 2. The maximum Gasteiger partial charge on any atom is 0.415 e. The second-order valence-electron chi connectivity index (χ2n) is 7.17. The average Bonchev–Trinajstić information content (AvgIpc) is 3.41. The minimum Gasteiger partial charge on any atom is -0.410 e. The predicted molar refractivity (Wildman–Crippen MR) is 118 cm³/mol. The Morgan fingerprint density at radius 3 is 2.52 bits per heavy atom. The number of rotatable bonds is 8. The average molecular weight is 455 g/mol. The Morgan fingerprint density at radius 1 is 1.24 bits per heavy atom. The van der Waals surface area contributed by atoms with Crippen molar-refractivity contribution < 1.29 is 19.0 Å². The van der Waals surface area contributed by atoms with Gasteiger partial charge in [0, 0.05) is 13.1 Å². The van der Waals surface area contributed by atoms with Crippen molar-refractivity contribution in [1.29, 1.82) is 0 Å². The number of aromatic nitrogens is 5. The maximum absolute atomic E-state index is 12.6. The van der Waals surface area contributed by atoms with E-state index in [0.29, 0.717) is 30.1 Å². The maximum atomic E-state index is 12.6. The normalized spacial score (nSPS) is 11.2. The topological polar surface area (TPSA) is 167 Å². The third kappa shape index (κ3) is 5.31. The minimum absolute atomic E-state index is 0.0259. The van der Waals surface area contributed by atoms with Crippen molar-refractivity contribution in [3.05, 3.63) is 41.2 Å². The second-order valence-corrected chi connectivity index (χ2v) is 7.17. The summed E-state index contributed by atoms with van der Waals surface area (Å²) in [6.45, 7) is 8.62. The Kier molecular flexibility index (Phi) is 7.33. The van der Waals surface area contributed by atoms with Crippen LogP contribution >= 0.6 is 0 Å². The van der Waals surface area contributed by atoms with Crippen LogP contribution in [0.5, 0.6) is 5.75 Å². The van der Waals surface area contributed by atoms with Crippen LogP contribution in [0.4, 0.5) is 10.6 Å². The van der Waals surface area contributed by atoms with E-state index >= 15 is 0 Å². The van der Waals surface area contributed by atoms with Crippen LogP contribution < -0.4 is 15.9 Å². The molecule has 2 heterocycles. The number of amides is 2. The van der Waals surface area contributed by atoms with Gasteiger partial charge in [0.2, 0.25) is 11.6 Å². The number of hydrogen-bond acceptors (Lipinski definition) is 10. The molecular weight excluding hydrogens is 430 g/mol. The molecule has 3 rings (SSSR count). The van der Waals surface area contributed by atoms with Crippen molar-refractivity contribution >= 4 is 24.0 Å². The Morgan fingerprint density at radius 2 is 1.94 bits per heavy atom. The largest absolute Gasteiger partial charge is 0.415 e. The number of nitrogens with two attached hydrogens (primary N) is 1. The molecule has 0 aliphatic rings.